The molecule has 0 aliphatic carbocycles. The van der Waals surface area contributed by atoms with Crippen molar-refractivity contribution in [2.24, 2.45) is 0 Å². The topological polar surface area (TPSA) is 12.0 Å². The normalized spacial score (nSPS) is 12.7. The Morgan fingerprint density at radius 1 is 1.18 bits per heavy atom. The van der Waals surface area contributed by atoms with Crippen molar-refractivity contribution in [2.45, 2.75) is 4.90 Å². The number of nitrogens with one attached hydrogen (secondary N) is 1. The van der Waals surface area contributed by atoms with Gasteiger partial charge in [0.25, 0.3) is 0 Å². The summed E-state index contributed by atoms with van der Waals surface area (Å²) in [6, 6.07) is 8.32. The van der Waals surface area contributed by atoms with Gasteiger partial charge in [0.2, 0.25) is 0 Å². The lowest BCUT2D eigenvalue weighted by Gasteiger charge is -2.08. The van der Waals surface area contributed by atoms with Crippen molar-refractivity contribution in [3.63, 3.8) is 0 Å². The molecule has 3 heteroatoms. The second kappa shape index (κ2) is 3.44. The average Bonchev–Trinajstić information content (AvgIpc) is 2.05. The summed E-state index contributed by atoms with van der Waals surface area (Å²) in [5.74, 6) is 0. The van der Waals surface area contributed by atoms with Crippen LogP contribution in [0.4, 0.5) is 4.70 Å². The maximum absolute atomic E-state index is 3.08. The largest absolute Gasteiger partial charge is 0.332 e. The maximum Gasteiger partial charge on any atom is 0.0357 e. The SMILES string of the molecule is C1=Cc2ccccc2SN1.F. The fourth-order valence-electron chi connectivity index (χ4n) is 0.932. The maximum atomic E-state index is 3.08. The van der Waals surface area contributed by atoms with Crippen LogP contribution in [-0.4, -0.2) is 0 Å². The third-order valence-electron chi connectivity index (χ3n) is 1.42. The van der Waals surface area contributed by atoms with Gasteiger partial charge in [-0.3, -0.25) is 4.70 Å². The lowest BCUT2D eigenvalue weighted by molar-refractivity contribution is 1.11. The van der Waals surface area contributed by atoms with Crippen LogP contribution in [0.25, 0.3) is 6.08 Å². The Balaban J connectivity index is 0.000000605. The van der Waals surface area contributed by atoms with Gasteiger partial charge in [-0.1, -0.05) is 18.2 Å². The van der Waals surface area contributed by atoms with E-state index in [1.165, 1.54) is 10.5 Å². The van der Waals surface area contributed by atoms with Crippen LogP contribution in [0.2, 0.25) is 0 Å². The van der Waals surface area contributed by atoms with E-state index >= 15 is 0 Å². The van der Waals surface area contributed by atoms with Crippen LogP contribution < -0.4 is 4.72 Å². The molecule has 1 aliphatic heterocycles. The zero-order chi connectivity index (χ0) is 6.81. The van der Waals surface area contributed by atoms with Crippen molar-refractivity contribution in [1.29, 1.82) is 0 Å². The molecule has 0 saturated heterocycles. The van der Waals surface area contributed by atoms with Crippen LogP contribution in [0.5, 0.6) is 0 Å². The highest BCUT2D eigenvalue weighted by atomic mass is 32.2. The summed E-state index contributed by atoms with van der Waals surface area (Å²) in [6.45, 7) is 0. The summed E-state index contributed by atoms with van der Waals surface area (Å²) in [5.41, 5.74) is 1.30. The van der Waals surface area contributed by atoms with E-state index in [2.05, 4.69) is 29.0 Å². The van der Waals surface area contributed by atoms with E-state index in [-0.39, 0.29) is 4.70 Å². The monoisotopic (exact) mass is 169 g/mol. The third kappa shape index (κ3) is 1.54. The third-order valence-corrected chi connectivity index (χ3v) is 2.26. The predicted molar refractivity (Wildman–Crippen MR) is 47.0 cm³/mol. The van der Waals surface area contributed by atoms with Crippen molar-refractivity contribution < 1.29 is 4.70 Å². The summed E-state index contributed by atoms with van der Waals surface area (Å²) in [5, 5.41) is 0. The second-order valence-corrected chi connectivity index (χ2v) is 2.97. The number of hydrogen-bond donors (Lipinski definition) is 1. The van der Waals surface area contributed by atoms with Crippen molar-refractivity contribution >= 4 is 18.0 Å². The zero-order valence-electron chi connectivity index (χ0n) is 5.78. The van der Waals surface area contributed by atoms with Crippen molar-refractivity contribution in [3.8, 4) is 0 Å². The van der Waals surface area contributed by atoms with Gasteiger partial charge < -0.3 is 4.72 Å². The predicted octanol–water partition coefficient (Wildman–Crippen LogP) is 2.42. The van der Waals surface area contributed by atoms with Gasteiger partial charge in [-0.2, -0.15) is 0 Å². The molecule has 0 aromatic heterocycles. The van der Waals surface area contributed by atoms with Gasteiger partial charge in [-0.05, 0) is 29.7 Å². The van der Waals surface area contributed by atoms with E-state index in [0.717, 1.165) is 0 Å². The first kappa shape index (κ1) is 8.14. The van der Waals surface area contributed by atoms with E-state index in [1.54, 1.807) is 11.9 Å². The van der Waals surface area contributed by atoms with Gasteiger partial charge in [0, 0.05) is 11.1 Å². The molecular weight excluding hydrogens is 161 g/mol. The lowest BCUT2D eigenvalue weighted by Crippen LogP contribution is -1.96. The van der Waals surface area contributed by atoms with Gasteiger partial charge in [-0.25, -0.2) is 0 Å². The fourth-order valence-corrected chi connectivity index (χ4v) is 1.60. The highest BCUT2D eigenvalue weighted by Crippen LogP contribution is 2.23. The Hall–Kier alpha value is -0.960. The van der Waals surface area contributed by atoms with E-state index in [0.29, 0.717) is 0 Å². The van der Waals surface area contributed by atoms with Gasteiger partial charge in [0.1, 0.15) is 0 Å². The molecule has 0 bridgehead atoms. The fraction of sp³-hybridized carbons (Fsp3) is 0. The Kier molecular flexibility index (Phi) is 2.54. The van der Waals surface area contributed by atoms with Crippen LogP contribution in [-0.2, 0) is 0 Å². The van der Waals surface area contributed by atoms with Crippen LogP contribution in [0.1, 0.15) is 5.56 Å². The summed E-state index contributed by atoms with van der Waals surface area (Å²) in [4.78, 5) is 1.30. The highest BCUT2D eigenvalue weighted by molar-refractivity contribution is 7.97. The van der Waals surface area contributed by atoms with Crippen LogP contribution in [0, 0.1) is 0 Å². The molecule has 1 heterocycles. The first-order valence-electron chi connectivity index (χ1n) is 3.15. The first-order chi connectivity index (χ1) is 4.97. The molecule has 1 nitrogen and oxygen atoms in total. The van der Waals surface area contributed by atoms with Gasteiger partial charge in [-0.15, -0.1) is 0 Å². The lowest BCUT2D eigenvalue weighted by atomic mass is 10.2. The minimum absolute atomic E-state index is 0. The Bertz CT molecular complexity index is 273. The number of rotatable bonds is 0. The molecule has 1 aliphatic rings. The van der Waals surface area contributed by atoms with E-state index < -0.39 is 0 Å². The highest BCUT2D eigenvalue weighted by Gasteiger charge is 2.00. The summed E-state index contributed by atoms with van der Waals surface area (Å²) in [7, 11) is 0. The zero-order valence-corrected chi connectivity index (χ0v) is 6.60. The molecule has 0 amide bonds. The van der Waals surface area contributed by atoms with Gasteiger partial charge >= 0.3 is 0 Å². The van der Waals surface area contributed by atoms with Crippen molar-refractivity contribution in [1.82, 2.24) is 4.72 Å². The number of hydrogen-bond acceptors (Lipinski definition) is 2. The van der Waals surface area contributed by atoms with Crippen molar-refractivity contribution in [3.05, 3.63) is 36.0 Å². The molecular formula is C8H8FNS. The second-order valence-electron chi connectivity index (χ2n) is 2.09. The molecule has 1 aromatic rings. The van der Waals surface area contributed by atoms with E-state index in [1.807, 2.05) is 12.3 Å². The first-order valence-corrected chi connectivity index (χ1v) is 3.96. The molecule has 11 heavy (non-hydrogen) atoms. The molecule has 0 atom stereocenters. The smallest absolute Gasteiger partial charge is 0.0357 e. The van der Waals surface area contributed by atoms with Gasteiger partial charge in [0.05, 0.1) is 0 Å². The van der Waals surface area contributed by atoms with Crippen LogP contribution >= 0.6 is 11.9 Å². The molecule has 0 radical (unpaired) electrons. The molecule has 1 aromatic carbocycles. The van der Waals surface area contributed by atoms with Crippen LogP contribution in [0.15, 0.2) is 35.4 Å². The standard InChI is InChI=1S/C8H7NS.FH/c1-2-4-8-7(3-1)5-6-9-10-8;/h1-6,9H;1H. The Morgan fingerprint density at radius 2 is 2.00 bits per heavy atom. The number of halogens is 1. The minimum Gasteiger partial charge on any atom is -0.332 e. The molecule has 1 N–H and O–H groups in total. The number of benzene rings is 1. The molecule has 0 fully saturated rings. The molecule has 0 unspecified atom stereocenters. The molecule has 0 spiro atoms. The van der Waals surface area contributed by atoms with Gasteiger partial charge in [0.15, 0.2) is 0 Å². The number of fused-ring (bicyclic) bond motifs is 1. The van der Waals surface area contributed by atoms with E-state index in [9.17, 15) is 0 Å². The van der Waals surface area contributed by atoms with E-state index in [4.69, 9.17) is 0 Å². The molecule has 0 saturated carbocycles. The van der Waals surface area contributed by atoms with Crippen molar-refractivity contribution in [2.75, 3.05) is 0 Å². The molecule has 58 valence electrons. The van der Waals surface area contributed by atoms with Crippen LogP contribution in [0.3, 0.4) is 0 Å². The quantitative estimate of drug-likeness (QED) is 0.598. The summed E-state index contributed by atoms with van der Waals surface area (Å²) < 4.78 is 3.08. The average molecular weight is 169 g/mol. The Labute approximate surface area is 69.0 Å². The minimum atomic E-state index is 0. The Morgan fingerprint density at radius 3 is 2.82 bits per heavy atom. The summed E-state index contributed by atoms with van der Waals surface area (Å²) in [6.07, 6.45) is 4.03. The molecule has 2 rings (SSSR count). The summed E-state index contributed by atoms with van der Waals surface area (Å²) >= 11 is 1.65.